The zero-order chi connectivity index (χ0) is 13.6. The minimum atomic E-state index is 0.183. The molecule has 0 spiro atoms. The Morgan fingerprint density at radius 1 is 1.37 bits per heavy atom. The normalized spacial score (nSPS) is 17.7. The van der Waals surface area contributed by atoms with Crippen LogP contribution in [0.5, 0.6) is 5.75 Å². The van der Waals surface area contributed by atoms with Gasteiger partial charge in [-0.15, -0.1) is 6.58 Å². The van der Waals surface area contributed by atoms with Crippen LogP contribution in [0.3, 0.4) is 0 Å². The summed E-state index contributed by atoms with van der Waals surface area (Å²) in [4.78, 5) is 0. The summed E-state index contributed by atoms with van der Waals surface area (Å²) in [5.74, 6) is 0.957. The molecule has 1 aliphatic rings. The van der Waals surface area contributed by atoms with Gasteiger partial charge in [-0.3, -0.25) is 0 Å². The molecule has 19 heavy (non-hydrogen) atoms. The molecule has 0 radical (unpaired) electrons. The molecule has 1 saturated carbocycles. The second kappa shape index (κ2) is 6.76. The van der Waals surface area contributed by atoms with E-state index >= 15 is 0 Å². The van der Waals surface area contributed by atoms with Crippen molar-refractivity contribution in [1.82, 2.24) is 5.32 Å². The van der Waals surface area contributed by atoms with Crippen molar-refractivity contribution in [2.45, 2.75) is 38.6 Å². The number of hydrogen-bond donors (Lipinski definition) is 1. The van der Waals surface area contributed by atoms with Crippen molar-refractivity contribution >= 4 is 0 Å². The molecular weight excluding hydrogens is 234 g/mol. The standard InChI is InChI=1S/C17H25NO/c1-3-17(2,14-18-15-10-11-15)12-7-13-19-16-8-5-4-6-9-16/h3-6,8-9,15,18H,1,7,10-14H2,2H3. The molecule has 1 N–H and O–H groups in total. The van der Waals surface area contributed by atoms with Crippen molar-refractivity contribution in [3.63, 3.8) is 0 Å². The summed E-state index contributed by atoms with van der Waals surface area (Å²) in [6.07, 6.45) is 6.94. The first-order chi connectivity index (χ1) is 9.22. The minimum absolute atomic E-state index is 0.183. The third kappa shape index (κ3) is 5.07. The maximum absolute atomic E-state index is 5.73. The Balaban J connectivity index is 1.65. The second-order valence-electron chi connectivity index (χ2n) is 5.78. The van der Waals surface area contributed by atoms with Gasteiger partial charge >= 0.3 is 0 Å². The van der Waals surface area contributed by atoms with Crippen LogP contribution in [0.15, 0.2) is 43.0 Å². The van der Waals surface area contributed by atoms with E-state index in [-0.39, 0.29) is 5.41 Å². The highest BCUT2D eigenvalue weighted by molar-refractivity contribution is 5.20. The highest BCUT2D eigenvalue weighted by Crippen LogP contribution is 2.26. The van der Waals surface area contributed by atoms with E-state index in [9.17, 15) is 0 Å². The van der Waals surface area contributed by atoms with Crippen LogP contribution in [0.2, 0.25) is 0 Å². The van der Waals surface area contributed by atoms with Crippen LogP contribution in [0.1, 0.15) is 32.6 Å². The number of rotatable bonds is 9. The molecule has 1 fully saturated rings. The lowest BCUT2D eigenvalue weighted by molar-refractivity contribution is 0.269. The van der Waals surface area contributed by atoms with E-state index < -0.39 is 0 Å². The molecule has 104 valence electrons. The van der Waals surface area contributed by atoms with E-state index in [0.717, 1.165) is 37.8 Å². The SMILES string of the molecule is C=CC(C)(CCCOc1ccccc1)CNC1CC1. The summed E-state index contributed by atoms with van der Waals surface area (Å²) < 4.78 is 5.73. The van der Waals surface area contributed by atoms with E-state index in [1.807, 2.05) is 30.3 Å². The maximum atomic E-state index is 5.73. The Bertz CT molecular complexity index is 386. The van der Waals surface area contributed by atoms with Gasteiger partial charge in [-0.2, -0.15) is 0 Å². The highest BCUT2D eigenvalue weighted by atomic mass is 16.5. The fraction of sp³-hybridized carbons (Fsp3) is 0.529. The highest BCUT2D eigenvalue weighted by Gasteiger charge is 2.26. The van der Waals surface area contributed by atoms with E-state index in [2.05, 4.69) is 24.9 Å². The van der Waals surface area contributed by atoms with Crippen LogP contribution in [-0.4, -0.2) is 19.2 Å². The molecule has 0 saturated heterocycles. The molecule has 1 atom stereocenters. The van der Waals surface area contributed by atoms with Crippen molar-refractivity contribution < 1.29 is 4.74 Å². The van der Waals surface area contributed by atoms with Crippen molar-refractivity contribution in [2.75, 3.05) is 13.2 Å². The minimum Gasteiger partial charge on any atom is -0.494 e. The molecule has 1 unspecified atom stereocenters. The molecule has 0 aromatic heterocycles. The molecule has 2 heteroatoms. The first-order valence-corrected chi connectivity index (χ1v) is 7.27. The molecular formula is C17H25NO. The molecule has 1 aromatic rings. The molecule has 2 nitrogen and oxygen atoms in total. The van der Waals surface area contributed by atoms with E-state index in [1.54, 1.807) is 0 Å². The Morgan fingerprint density at radius 3 is 2.74 bits per heavy atom. The van der Waals surface area contributed by atoms with E-state index in [1.165, 1.54) is 12.8 Å². The van der Waals surface area contributed by atoms with Crippen molar-refractivity contribution in [3.05, 3.63) is 43.0 Å². The number of para-hydroxylation sites is 1. The van der Waals surface area contributed by atoms with Gasteiger partial charge in [-0.1, -0.05) is 31.2 Å². The zero-order valence-electron chi connectivity index (χ0n) is 11.9. The number of ether oxygens (including phenoxy) is 1. The summed E-state index contributed by atoms with van der Waals surface area (Å²) in [6.45, 7) is 8.07. The molecule has 1 aromatic carbocycles. The lowest BCUT2D eigenvalue weighted by Gasteiger charge is -2.26. The van der Waals surface area contributed by atoms with Crippen molar-refractivity contribution in [3.8, 4) is 5.75 Å². The molecule has 1 aliphatic carbocycles. The van der Waals surface area contributed by atoms with Gasteiger partial charge in [0.2, 0.25) is 0 Å². The molecule has 0 amide bonds. The lowest BCUT2D eigenvalue weighted by Crippen LogP contribution is -2.31. The van der Waals surface area contributed by atoms with Crippen LogP contribution < -0.4 is 10.1 Å². The Labute approximate surface area is 116 Å². The van der Waals surface area contributed by atoms with Gasteiger partial charge in [-0.25, -0.2) is 0 Å². The lowest BCUT2D eigenvalue weighted by atomic mass is 9.85. The summed E-state index contributed by atoms with van der Waals surface area (Å²) >= 11 is 0. The topological polar surface area (TPSA) is 21.3 Å². The predicted molar refractivity (Wildman–Crippen MR) is 80.5 cm³/mol. The van der Waals surface area contributed by atoms with Gasteiger partial charge in [0.25, 0.3) is 0 Å². The van der Waals surface area contributed by atoms with Gasteiger partial charge in [0.15, 0.2) is 0 Å². The fourth-order valence-corrected chi connectivity index (χ4v) is 2.11. The maximum Gasteiger partial charge on any atom is 0.119 e. The molecule has 0 aliphatic heterocycles. The van der Waals surface area contributed by atoms with Crippen LogP contribution in [0, 0.1) is 5.41 Å². The van der Waals surface area contributed by atoms with Gasteiger partial charge < -0.3 is 10.1 Å². The molecule has 0 bridgehead atoms. The Hall–Kier alpha value is -1.28. The third-order valence-corrected chi connectivity index (χ3v) is 3.77. The fourth-order valence-electron chi connectivity index (χ4n) is 2.11. The van der Waals surface area contributed by atoms with Crippen LogP contribution in [0.4, 0.5) is 0 Å². The van der Waals surface area contributed by atoms with Crippen molar-refractivity contribution in [1.29, 1.82) is 0 Å². The number of hydrogen-bond acceptors (Lipinski definition) is 2. The zero-order valence-corrected chi connectivity index (χ0v) is 11.9. The first kappa shape index (κ1) is 14.1. The Morgan fingerprint density at radius 2 is 2.11 bits per heavy atom. The summed E-state index contributed by atoms with van der Waals surface area (Å²) in [7, 11) is 0. The van der Waals surface area contributed by atoms with E-state index in [0.29, 0.717) is 0 Å². The van der Waals surface area contributed by atoms with Crippen LogP contribution in [-0.2, 0) is 0 Å². The van der Waals surface area contributed by atoms with Gasteiger partial charge in [-0.05, 0) is 43.2 Å². The van der Waals surface area contributed by atoms with Gasteiger partial charge in [0.1, 0.15) is 5.75 Å². The predicted octanol–water partition coefficient (Wildman–Crippen LogP) is 3.79. The number of nitrogens with one attached hydrogen (secondary N) is 1. The average Bonchev–Trinajstić information content (AvgIpc) is 3.27. The average molecular weight is 259 g/mol. The summed E-state index contributed by atoms with van der Waals surface area (Å²) in [5.41, 5.74) is 0.183. The van der Waals surface area contributed by atoms with Crippen LogP contribution >= 0.6 is 0 Å². The van der Waals surface area contributed by atoms with E-state index in [4.69, 9.17) is 4.74 Å². The second-order valence-corrected chi connectivity index (χ2v) is 5.78. The first-order valence-electron chi connectivity index (χ1n) is 7.27. The molecule has 2 rings (SSSR count). The summed E-state index contributed by atoms with van der Waals surface area (Å²) in [5, 5.41) is 3.59. The van der Waals surface area contributed by atoms with Crippen LogP contribution in [0.25, 0.3) is 0 Å². The third-order valence-electron chi connectivity index (χ3n) is 3.77. The Kier molecular flexibility index (Phi) is 5.03. The van der Waals surface area contributed by atoms with Crippen molar-refractivity contribution in [2.24, 2.45) is 5.41 Å². The summed E-state index contributed by atoms with van der Waals surface area (Å²) in [6, 6.07) is 10.8. The monoisotopic (exact) mass is 259 g/mol. The van der Waals surface area contributed by atoms with Gasteiger partial charge in [0.05, 0.1) is 6.61 Å². The largest absolute Gasteiger partial charge is 0.494 e. The number of benzene rings is 1. The molecule has 0 heterocycles. The smallest absolute Gasteiger partial charge is 0.119 e. The quantitative estimate of drug-likeness (QED) is 0.538. The van der Waals surface area contributed by atoms with Gasteiger partial charge in [0, 0.05) is 12.6 Å².